The molecule has 0 bridgehead atoms. The van der Waals surface area contributed by atoms with E-state index in [1.165, 1.54) is 0 Å². The molecule has 0 N–H and O–H groups in total. The SMILES string of the molecule is CCSc1nccnc1-c1noc(CC2CCOC(CC)C2)n1. The van der Waals surface area contributed by atoms with E-state index in [-0.39, 0.29) is 0 Å². The zero-order valence-corrected chi connectivity index (χ0v) is 14.4. The molecule has 0 radical (unpaired) electrons. The van der Waals surface area contributed by atoms with Crippen LogP contribution in [-0.4, -0.2) is 38.6 Å². The number of hydrogen-bond acceptors (Lipinski definition) is 7. The number of thioether (sulfide) groups is 1. The highest BCUT2D eigenvalue weighted by Gasteiger charge is 2.24. The second kappa shape index (κ2) is 7.88. The van der Waals surface area contributed by atoms with Crippen molar-refractivity contribution >= 4 is 11.8 Å². The quantitative estimate of drug-likeness (QED) is 0.750. The topological polar surface area (TPSA) is 73.9 Å². The largest absolute Gasteiger partial charge is 0.378 e. The van der Waals surface area contributed by atoms with Gasteiger partial charge in [0.15, 0.2) is 0 Å². The Kier molecular flexibility index (Phi) is 5.61. The highest BCUT2D eigenvalue weighted by molar-refractivity contribution is 7.99. The molecule has 1 saturated heterocycles. The Morgan fingerprint density at radius 1 is 1.26 bits per heavy atom. The molecule has 23 heavy (non-hydrogen) atoms. The maximum atomic E-state index is 5.72. The summed E-state index contributed by atoms with van der Waals surface area (Å²) in [5.41, 5.74) is 0.702. The Bertz CT molecular complexity index is 634. The van der Waals surface area contributed by atoms with Crippen molar-refractivity contribution < 1.29 is 9.26 Å². The molecule has 0 aliphatic carbocycles. The van der Waals surface area contributed by atoms with Gasteiger partial charge in [-0.3, -0.25) is 0 Å². The van der Waals surface area contributed by atoms with Gasteiger partial charge >= 0.3 is 0 Å². The number of aromatic nitrogens is 4. The van der Waals surface area contributed by atoms with Gasteiger partial charge in [-0.2, -0.15) is 4.98 Å². The number of ether oxygens (including phenoxy) is 1. The summed E-state index contributed by atoms with van der Waals surface area (Å²) in [5.74, 6) is 2.69. The van der Waals surface area contributed by atoms with Crippen LogP contribution in [0.4, 0.5) is 0 Å². The Morgan fingerprint density at radius 2 is 2.13 bits per heavy atom. The molecule has 0 spiro atoms. The molecular weight excluding hydrogens is 312 g/mol. The molecule has 1 aliphatic rings. The maximum absolute atomic E-state index is 5.72. The lowest BCUT2D eigenvalue weighted by Crippen LogP contribution is -2.26. The van der Waals surface area contributed by atoms with Gasteiger partial charge < -0.3 is 9.26 Å². The van der Waals surface area contributed by atoms with E-state index in [2.05, 4.69) is 34.0 Å². The molecule has 2 aromatic heterocycles. The van der Waals surface area contributed by atoms with Crippen molar-refractivity contribution in [1.29, 1.82) is 0 Å². The summed E-state index contributed by atoms with van der Waals surface area (Å²) in [6, 6.07) is 0. The lowest BCUT2D eigenvalue weighted by Gasteiger charge is -2.27. The highest BCUT2D eigenvalue weighted by Crippen LogP contribution is 2.28. The summed E-state index contributed by atoms with van der Waals surface area (Å²) in [6.07, 6.45) is 7.70. The minimum Gasteiger partial charge on any atom is -0.378 e. The Morgan fingerprint density at radius 3 is 2.96 bits per heavy atom. The summed E-state index contributed by atoms with van der Waals surface area (Å²) in [6.45, 7) is 5.07. The summed E-state index contributed by atoms with van der Waals surface area (Å²) in [7, 11) is 0. The van der Waals surface area contributed by atoms with Crippen LogP contribution in [0.25, 0.3) is 11.5 Å². The second-order valence-corrected chi connectivity index (χ2v) is 6.90. The lowest BCUT2D eigenvalue weighted by molar-refractivity contribution is -0.0115. The van der Waals surface area contributed by atoms with Gasteiger partial charge in [-0.05, 0) is 30.9 Å². The Balaban J connectivity index is 1.71. The van der Waals surface area contributed by atoms with Gasteiger partial charge in [-0.1, -0.05) is 19.0 Å². The molecule has 2 atom stereocenters. The third-order valence-electron chi connectivity index (χ3n) is 4.02. The van der Waals surface area contributed by atoms with E-state index in [0.717, 1.165) is 43.1 Å². The van der Waals surface area contributed by atoms with Crippen molar-refractivity contribution in [3.63, 3.8) is 0 Å². The maximum Gasteiger partial charge on any atom is 0.227 e. The average Bonchev–Trinajstić information content (AvgIpc) is 3.04. The summed E-state index contributed by atoms with van der Waals surface area (Å²) in [5, 5.41) is 4.95. The first kappa shape index (κ1) is 16.4. The first-order valence-corrected chi connectivity index (χ1v) is 9.17. The second-order valence-electron chi connectivity index (χ2n) is 5.65. The molecule has 0 amide bonds. The van der Waals surface area contributed by atoms with Crippen molar-refractivity contribution in [2.75, 3.05) is 12.4 Å². The fourth-order valence-corrected chi connectivity index (χ4v) is 3.52. The smallest absolute Gasteiger partial charge is 0.227 e. The minimum absolute atomic E-state index is 0.365. The fraction of sp³-hybridized carbons (Fsp3) is 0.625. The van der Waals surface area contributed by atoms with Crippen molar-refractivity contribution in [3.05, 3.63) is 18.3 Å². The van der Waals surface area contributed by atoms with Crippen LogP contribution in [-0.2, 0) is 11.2 Å². The van der Waals surface area contributed by atoms with Crippen LogP contribution in [0.1, 0.15) is 39.0 Å². The Hall–Kier alpha value is -1.47. The average molecular weight is 334 g/mol. The number of nitrogens with zero attached hydrogens (tertiary/aromatic N) is 4. The van der Waals surface area contributed by atoms with Crippen LogP contribution in [0.3, 0.4) is 0 Å². The lowest BCUT2D eigenvalue weighted by atomic mass is 9.91. The molecule has 124 valence electrons. The molecule has 7 heteroatoms. The predicted molar refractivity (Wildman–Crippen MR) is 88.2 cm³/mol. The highest BCUT2D eigenvalue weighted by atomic mass is 32.2. The van der Waals surface area contributed by atoms with Crippen molar-refractivity contribution in [1.82, 2.24) is 20.1 Å². The van der Waals surface area contributed by atoms with Crippen molar-refractivity contribution in [2.45, 2.75) is 50.7 Å². The molecule has 3 rings (SSSR count). The normalized spacial score (nSPS) is 21.5. The monoisotopic (exact) mass is 334 g/mol. The summed E-state index contributed by atoms with van der Waals surface area (Å²) < 4.78 is 11.2. The minimum atomic E-state index is 0.365. The zero-order valence-electron chi connectivity index (χ0n) is 13.6. The van der Waals surface area contributed by atoms with Crippen LogP contribution >= 0.6 is 11.8 Å². The van der Waals surface area contributed by atoms with Gasteiger partial charge in [0.25, 0.3) is 0 Å². The van der Waals surface area contributed by atoms with Gasteiger partial charge in [0.2, 0.25) is 11.7 Å². The number of rotatable bonds is 6. The molecular formula is C16H22N4O2S. The fourth-order valence-electron chi connectivity index (χ4n) is 2.83. The zero-order chi connectivity index (χ0) is 16.1. The van der Waals surface area contributed by atoms with Crippen molar-refractivity contribution in [2.24, 2.45) is 5.92 Å². The van der Waals surface area contributed by atoms with E-state index in [4.69, 9.17) is 9.26 Å². The first-order chi connectivity index (χ1) is 11.3. The van der Waals surface area contributed by atoms with E-state index in [0.29, 0.717) is 29.4 Å². The summed E-state index contributed by atoms with van der Waals surface area (Å²) >= 11 is 1.63. The van der Waals surface area contributed by atoms with Gasteiger partial charge in [-0.25, -0.2) is 9.97 Å². The third kappa shape index (κ3) is 4.09. The standard InChI is InChI=1S/C16H22N4O2S/c1-3-12-9-11(5-8-21-12)10-13-19-15(20-22-13)14-16(23-4-2)18-7-6-17-14/h6-7,11-12H,3-5,8-10H2,1-2H3. The van der Waals surface area contributed by atoms with Gasteiger partial charge in [0, 0.05) is 25.4 Å². The summed E-state index contributed by atoms with van der Waals surface area (Å²) in [4.78, 5) is 13.3. The van der Waals surface area contributed by atoms with Crippen LogP contribution in [0, 0.1) is 5.92 Å². The van der Waals surface area contributed by atoms with E-state index in [9.17, 15) is 0 Å². The third-order valence-corrected chi connectivity index (χ3v) is 4.88. The molecule has 6 nitrogen and oxygen atoms in total. The molecule has 3 heterocycles. The molecule has 1 fully saturated rings. The Labute approximate surface area is 140 Å². The molecule has 2 unspecified atom stereocenters. The van der Waals surface area contributed by atoms with Gasteiger partial charge in [0.1, 0.15) is 10.7 Å². The van der Waals surface area contributed by atoms with Crippen molar-refractivity contribution in [3.8, 4) is 11.5 Å². The number of hydrogen-bond donors (Lipinski definition) is 0. The van der Waals surface area contributed by atoms with Crippen LogP contribution in [0.15, 0.2) is 21.9 Å². The molecule has 2 aromatic rings. The molecule has 1 aliphatic heterocycles. The molecule has 0 aromatic carbocycles. The van der Waals surface area contributed by atoms with Gasteiger partial charge in [0.05, 0.1) is 6.10 Å². The predicted octanol–water partition coefficient (Wildman–Crippen LogP) is 3.39. The van der Waals surface area contributed by atoms with Gasteiger partial charge in [-0.15, -0.1) is 11.8 Å². The van der Waals surface area contributed by atoms with E-state index in [1.807, 2.05) is 0 Å². The van der Waals surface area contributed by atoms with Crippen LogP contribution in [0.2, 0.25) is 0 Å². The van der Waals surface area contributed by atoms with E-state index < -0.39 is 0 Å². The van der Waals surface area contributed by atoms with E-state index in [1.54, 1.807) is 24.2 Å². The molecule has 0 saturated carbocycles. The van der Waals surface area contributed by atoms with Crippen LogP contribution in [0.5, 0.6) is 0 Å². The van der Waals surface area contributed by atoms with E-state index >= 15 is 0 Å². The van der Waals surface area contributed by atoms with Crippen LogP contribution < -0.4 is 0 Å². The first-order valence-electron chi connectivity index (χ1n) is 8.18.